The second-order valence-corrected chi connectivity index (χ2v) is 4.89. The molecule has 0 saturated carbocycles. The highest BCUT2D eigenvalue weighted by molar-refractivity contribution is 6.31. The van der Waals surface area contributed by atoms with E-state index >= 15 is 0 Å². The Morgan fingerprint density at radius 1 is 1.35 bits per heavy atom. The SMILES string of the molecule is Cc1ccc(NC(=O)COC(=O)c2ccc([N+](=O)[O-])o2)cc1Cl. The van der Waals surface area contributed by atoms with E-state index in [1.807, 2.05) is 6.92 Å². The van der Waals surface area contributed by atoms with Crippen LogP contribution >= 0.6 is 11.6 Å². The molecule has 0 atom stereocenters. The van der Waals surface area contributed by atoms with E-state index in [0.717, 1.165) is 17.7 Å². The van der Waals surface area contributed by atoms with Gasteiger partial charge in [-0.2, -0.15) is 0 Å². The minimum absolute atomic E-state index is 0.358. The topological polar surface area (TPSA) is 112 Å². The average Bonchev–Trinajstić information content (AvgIpc) is 2.99. The molecule has 0 aliphatic heterocycles. The van der Waals surface area contributed by atoms with E-state index in [-0.39, 0.29) is 5.76 Å². The van der Waals surface area contributed by atoms with Gasteiger partial charge in [-0.25, -0.2) is 4.79 Å². The molecule has 0 aliphatic rings. The molecule has 1 N–H and O–H groups in total. The number of amides is 1. The van der Waals surface area contributed by atoms with Crippen molar-refractivity contribution in [1.82, 2.24) is 0 Å². The van der Waals surface area contributed by atoms with Crippen molar-refractivity contribution in [3.8, 4) is 0 Å². The smallest absolute Gasteiger partial charge is 0.433 e. The molecular weight excluding hydrogens is 328 g/mol. The first-order valence-electron chi connectivity index (χ1n) is 6.34. The Morgan fingerprint density at radius 2 is 2.09 bits per heavy atom. The lowest BCUT2D eigenvalue weighted by Gasteiger charge is -2.07. The molecule has 0 aliphatic carbocycles. The van der Waals surface area contributed by atoms with Crippen molar-refractivity contribution in [2.24, 2.45) is 0 Å². The Hall–Kier alpha value is -2.87. The van der Waals surface area contributed by atoms with Gasteiger partial charge >= 0.3 is 11.9 Å². The number of nitrogens with one attached hydrogen (secondary N) is 1. The first-order valence-corrected chi connectivity index (χ1v) is 6.72. The summed E-state index contributed by atoms with van der Waals surface area (Å²) in [6.45, 7) is 1.25. The number of benzene rings is 1. The number of esters is 1. The third-order valence-electron chi connectivity index (χ3n) is 2.76. The highest BCUT2D eigenvalue weighted by atomic mass is 35.5. The van der Waals surface area contributed by atoms with Crippen LogP contribution in [0.2, 0.25) is 5.02 Å². The van der Waals surface area contributed by atoms with Gasteiger partial charge in [0.1, 0.15) is 4.92 Å². The van der Waals surface area contributed by atoms with Crippen LogP contribution in [0.25, 0.3) is 0 Å². The number of hydrogen-bond donors (Lipinski definition) is 1. The van der Waals surface area contributed by atoms with Crippen molar-refractivity contribution in [2.45, 2.75) is 6.92 Å². The predicted molar refractivity (Wildman–Crippen MR) is 80.5 cm³/mol. The summed E-state index contributed by atoms with van der Waals surface area (Å²) in [5.74, 6) is -2.51. The number of hydrogen-bond acceptors (Lipinski definition) is 6. The number of rotatable bonds is 5. The number of aryl methyl sites for hydroxylation is 1. The maximum absolute atomic E-state index is 11.7. The van der Waals surface area contributed by atoms with E-state index in [1.54, 1.807) is 18.2 Å². The van der Waals surface area contributed by atoms with Gasteiger partial charge in [-0.1, -0.05) is 17.7 Å². The fourth-order valence-electron chi connectivity index (χ4n) is 1.61. The summed E-state index contributed by atoms with van der Waals surface area (Å²) in [4.78, 5) is 32.9. The van der Waals surface area contributed by atoms with Crippen molar-refractivity contribution in [1.29, 1.82) is 0 Å². The number of nitro groups is 1. The van der Waals surface area contributed by atoms with Crippen LogP contribution in [0.3, 0.4) is 0 Å². The maximum atomic E-state index is 11.7. The van der Waals surface area contributed by atoms with E-state index in [0.29, 0.717) is 10.7 Å². The standard InChI is InChI=1S/C14H11ClN2O6/c1-8-2-3-9(6-10(8)15)16-12(18)7-22-14(19)11-4-5-13(23-11)17(20)21/h2-6H,7H2,1H3,(H,16,18). The number of carbonyl (C=O) groups is 2. The summed E-state index contributed by atoms with van der Waals surface area (Å²) in [7, 11) is 0. The molecule has 2 aromatic rings. The molecule has 0 unspecified atom stereocenters. The summed E-state index contributed by atoms with van der Waals surface area (Å²) >= 11 is 5.93. The van der Waals surface area contributed by atoms with Gasteiger partial charge < -0.3 is 14.5 Å². The number of carbonyl (C=O) groups excluding carboxylic acids is 2. The van der Waals surface area contributed by atoms with Gasteiger partial charge in [-0.15, -0.1) is 0 Å². The molecule has 120 valence electrons. The highest BCUT2D eigenvalue weighted by Gasteiger charge is 2.19. The van der Waals surface area contributed by atoms with Gasteiger partial charge in [-0.05, 0) is 30.7 Å². The highest BCUT2D eigenvalue weighted by Crippen LogP contribution is 2.20. The molecule has 2 rings (SSSR count). The monoisotopic (exact) mass is 338 g/mol. The predicted octanol–water partition coefficient (Wildman–Crippen LogP) is 2.95. The molecular formula is C14H11ClN2O6. The van der Waals surface area contributed by atoms with Crippen LogP contribution < -0.4 is 5.32 Å². The first kappa shape index (κ1) is 16.5. The molecule has 0 radical (unpaired) electrons. The van der Waals surface area contributed by atoms with E-state index in [4.69, 9.17) is 16.3 Å². The Morgan fingerprint density at radius 3 is 2.70 bits per heavy atom. The molecule has 9 heteroatoms. The lowest BCUT2D eigenvalue weighted by Crippen LogP contribution is -2.20. The molecule has 0 spiro atoms. The number of halogens is 1. The van der Waals surface area contributed by atoms with Gasteiger partial charge in [0.15, 0.2) is 6.61 Å². The second kappa shape index (κ2) is 6.93. The van der Waals surface area contributed by atoms with Gasteiger partial charge in [0, 0.05) is 10.7 Å². The van der Waals surface area contributed by atoms with E-state index in [2.05, 4.69) is 9.73 Å². The summed E-state index contributed by atoms with van der Waals surface area (Å²) in [6.07, 6.45) is 0. The normalized spacial score (nSPS) is 10.2. The van der Waals surface area contributed by atoms with Crippen molar-refractivity contribution in [3.63, 3.8) is 0 Å². The number of nitrogens with zero attached hydrogens (tertiary/aromatic N) is 1. The Bertz CT molecular complexity index is 770. The van der Waals surface area contributed by atoms with Crippen LogP contribution in [0.15, 0.2) is 34.7 Å². The van der Waals surface area contributed by atoms with Gasteiger partial charge in [-0.3, -0.25) is 14.9 Å². The maximum Gasteiger partial charge on any atom is 0.433 e. The quantitative estimate of drug-likeness (QED) is 0.509. The van der Waals surface area contributed by atoms with Crippen LogP contribution in [0.1, 0.15) is 16.1 Å². The molecule has 1 heterocycles. The van der Waals surface area contributed by atoms with Crippen molar-refractivity contribution in [2.75, 3.05) is 11.9 Å². The molecule has 1 aromatic heterocycles. The molecule has 23 heavy (non-hydrogen) atoms. The van der Waals surface area contributed by atoms with Crippen molar-refractivity contribution < 1.29 is 23.7 Å². The first-order chi connectivity index (χ1) is 10.9. The Balaban J connectivity index is 1.89. The van der Waals surface area contributed by atoms with Crippen LogP contribution in [0.4, 0.5) is 11.6 Å². The van der Waals surface area contributed by atoms with Gasteiger partial charge in [0.05, 0.1) is 6.07 Å². The minimum Gasteiger partial charge on any atom is -0.450 e. The molecule has 0 saturated heterocycles. The lowest BCUT2D eigenvalue weighted by atomic mass is 10.2. The third kappa shape index (κ3) is 4.30. The van der Waals surface area contributed by atoms with Crippen molar-refractivity contribution in [3.05, 3.63) is 56.8 Å². The summed E-state index contributed by atoms with van der Waals surface area (Å²) in [5.41, 5.74) is 1.31. The van der Waals surface area contributed by atoms with E-state index < -0.39 is 29.3 Å². The fourth-order valence-corrected chi connectivity index (χ4v) is 1.79. The van der Waals surface area contributed by atoms with E-state index in [9.17, 15) is 19.7 Å². The number of anilines is 1. The van der Waals surface area contributed by atoms with Crippen LogP contribution in [-0.2, 0) is 9.53 Å². The Kier molecular flexibility index (Phi) is 4.97. The minimum atomic E-state index is -0.977. The fraction of sp³-hybridized carbons (Fsp3) is 0.143. The second-order valence-electron chi connectivity index (χ2n) is 4.48. The van der Waals surface area contributed by atoms with Crippen LogP contribution in [0.5, 0.6) is 0 Å². The molecule has 0 bridgehead atoms. The van der Waals surface area contributed by atoms with Crippen molar-refractivity contribution >= 4 is 35.0 Å². The largest absolute Gasteiger partial charge is 0.450 e. The summed E-state index contributed by atoms with van der Waals surface area (Å²) in [6, 6.07) is 7.05. The average molecular weight is 339 g/mol. The van der Waals surface area contributed by atoms with Gasteiger partial charge in [0.2, 0.25) is 5.76 Å². The third-order valence-corrected chi connectivity index (χ3v) is 3.17. The number of furan rings is 1. The van der Waals surface area contributed by atoms with E-state index in [1.165, 1.54) is 0 Å². The van der Waals surface area contributed by atoms with Crippen LogP contribution in [0, 0.1) is 17.0 Å². The molecule has 0 fully saturated rings. The van der Waals surface area contributed by atoms with Gasteiger partial charge in [0.25, 0.3) is 5.91 Å². The Labute approximate surface area is 135 Å². The zero-order chi connectivity index (χ0) is 17.0. The zero-order valence-electron chi connectivity index (χ0n) is 11.9. The van der Waals surface area contributed by atoms with Crippen LogP contribution in [-0.4, -0.2) is 23.4 Å². The number of ether oxygens (including phenoxy) is 1. The summed E-state index contributed by atoms with van der Waals surface area (Å²) in [5, 5.41) is 13.4. The summed E-state index contributed by atoms with van der Waals surface area (Å²) < 4.78 is 9.37. The molecule has 1 amide bonds. The lowest BCUT2D eigenvalue weighted by molar-refractivity contribution is -0.402. The molecule has 8 nitrogen and oxygen atoms in total. The zero-order valence-corrected chi connectivity index (χ0v) is 12.6. The molecule has 1 aromatic carbocycles.